The van der Waals surface area contributed by atoms with E-state index >= 15 is 0 Å². The van der Waals surface area contributed by atoms with Gasteiger partial charge in [0.1, 0.15) is 0 Å². The van der Waals surface area contributed by atoms with Crippen molar-refractivity contribution in [3.63, 3.8) is 0 Å². The van der Waals surface area contributed by atoms with E-state index in [1.54, 1.807) is 0 Å². The minimum Gasteiger partial charge on any atom is -0.198 e. The van der Waals surface area contributed by atoms with Crippen LogP contribution in [0.5, 0.6) is 0 Å². The Kier molecular flexibility index (Phi) is 3.72. The van der Waals surface area contributed by atoms with Gasteiger partial charge in [-0.15, -0.1) is 0 Å². The van der Waals surface area contributed by atoms with Gasteiger partial charge in [0.2, 0.25) is 0 Å². The number of hydrogen-bond donors (Lipinski definition) is 0. The molecule has 0 saturated heterocycles. The topological polar surface area (TPSA) is 23.8 Å². The number of nitriles is 1. The average Bonchev–Trinajstić information content (AvgIpc) is 1.61. The summed E-state index contributed by atoms with van der Waals surface area (Å²) < 4.78 is 0. The van der Waals surface area contributed by atoms with E-state index < -0.39 is 0 Å². The van der Waals surface area contributed by atoms with Crippen LogP contribution in [0.2, 0.25) is 19.1 Å². The van der Waals surface area contributed by atoms with Crippen molar-refractivity contribution in [2.75, 3.05) is 0 Å². The highest BCUT2D eigenvalue weighted by Crippen LogP contribution is 1.93. The third-order valence-corrected chi connectivity index (χ3v) is 1.99. The maximum absolute atomic E-state index is 8.08. The zero-order chi connectivity index (χ0) is 5.70. The fourth-order valence-electron chi connectivity index (χ4n) is 0.306. The number of hydrogen-bond acceptors (Lipinski definition) is 1. The first-order chi connectivity index (χ1) is 3.27. The monoisotopic (exact) mass is 112 g/mol. The molecular formula is C5H10NSi. The van der Waals surface area contributed by atoms with Crippen LogP contribution in [-0.2, 0) is 0 Å². The summed E-state index contributed by atoms with van der Waals surface area (Å²) in [6.07, 6.45) is 0.751. The summed E-state index contributed by atoms with van der Waals surface area (Å²) in [5.41, 5.74) is 0. The second-order valence-corrected chi connectivity index (χ2v) is 4.78. The zero-order valence-corrected chi connectivity index (χ0v) is 5.86. The quantitative estimate of drug-likeness (QED) is 0.498. The van der Waals surface area contributed by atoms with Gasteiger partial charge in [-0.1, -0.05) is 13.1 Å². The Morgan fingerprint density at radius 3 is 2.29 bits per heavy atom. The molecule has 2 heteroatoms. The van der Waals surface area contributed by atoms with Gasteiger partial charge in [0.25, 0.3) is 0 Å². The summed E-state index contributed by atoms with van der Waals surface area (Å²) in [7, 11) is -0.120. The normalized spacial score (nSPS) is 8.86. The van der Waals surface area contributed by atoms with Crippen LogP contribution in [0.15, 0.2) is 0 Å². The molecular weight excluding hydrogens is 102 g/mol. The largest absolute Gasteiger partial charge is 0.198 e. The van der Waals surface area contributed by atoms with Crippen LogP contribution in [0.25, 0.3) is 0 Å². The summed E-state index contributed by atoms with van der Waals surface area (Å²) in [5, 5.41) is 8.08. The fourth-order valence-corrected chi connectivity index (χ4v) is 0.918. The lowest BCUT2D eigenvalue weighted by atomic mass is 10.6. The predicted octanol–water partition coefficient (Wildman–Crippen LogP) is 1.65. The summed E-state index contributed by atoms with van der Waals surface area (Å²) in [6, 6.07) is 3.26. The van der Waals surface area contributed by atoms with E-state index in [2.05, 4.69) is 19.2 Å². The van der Waals surface area contributed by atoms with Crippen molar-refractivity contribution in [3.05, 3.63) is 0 Å². The molecule has 0 aliphatic heterocycles. The average molecular weight is 112 g/mol. The molecule has 7 heavy (non-hydrogen) atoms. The minimum absolute atomic E-state index is 0.120. The van der Waals surface area contributed by atoms with Crippen LogP contribution in [0, 0.1) is 11.3 Å². The second-order valence-electron chi connectivity index (χ2n) is 1.87. The molecule has 0 heterocycles. The zero-order valence-electron chi connectivity index (χ0n) is 4.86. The highest BCUT2D eigenvalue weighted by molar-refractivity contribution is 6.55. The van der Waals surface area contributed by atoms with Gasteiger partial charge in [0.15, 0.2) is 0 Å². The molecule has 0 bridgehead atoms. The summed E-state index contributed by atoms with van der Waals surface area (Å²) in [4.78, 5) is 0. The Morgan fingerprint density at radius 2 is 2.14 bits per heavy atom. The second kappa shape index (κ2) is 3.88. The summed E-state index contributed by atoms with van der Waals surface area (Å²) in [6.45, 7) is 4.45. The molecule has 0 aliphatic carbocycles. The van der Waals surface area contributed by atoms with Crippen molar-refractivity contribution < 1.29 is 0 Å². The van der Waals surface area contributed by atoms with Gasteiger partial charge in [0.05, 0.1) is 6.07 Å². The van der Waals surface area contributed by atoms with Crippen LogP contribution >= 0.6 is 0 Å². The van der Waals surface area contributed by atoms with Crippen molar-refractivity contribution in [2.24, 2.45) is 0 Å². The van der Waals surface area contributed by atoms with Crippen LogP contribution in [0.4, 0.5) is 0 Å². The van der Waals surface area contributed by atoms with Gasteiger partial charge >= 0.3 is 0 Å². The Hall–Kier alpha value is -0.293. The fraction of sp³-hybridized carbons (Fsp3) is 0.800. The highest BCUT2D eigenvalue weighted by Gasteiger charge is 1.91. The molecule has 0 aliphatic rings. The van der Waals surface area contributed by atoms with E-state index in [9.17, 15) is 0 Å². The van der Waals surface area contributed by atoms with Crippen LogP contribution in [-0.4, -0.2) is 8.80 Å². The molecule has 0 N–H and O–H groups in total. The van der Waals surface area contributed by atoms with Crippen LogP contribution in [0.1, 0.15) is 6.42 Å². The van der Waals surface area contributed by atoms with Gasteiger partial charge in [-0.25, -0.2) is 0 Å². The molecule has 0 aromatic carbocycles. The molecule has 1 nitrogen and oxygen atoms in total. The first-order valence-electron chi connectivity index (χ1n) is 2.43. The standard InChI is InChI=1S/C5H10NSi/c1-7(2)5-3-4-6/h3,5H2,1-2H3. The molecule has 0 spiro atoms. The van der Waals surface area contributed by atoms with Gasteiger partial charge in [0, 0.05) is 15.2 Å². The summed E-state index contributed by atoms with van der Waals surface area (Å²) in [5.74, 6) is 0. The van der Waals surface area contributed by atoms with E-state index in [1.807, 2.05) is 0 Å². The SMILES string of the molecule is C[Si](C)CCC#N. The van der Waals surface area contributed by atoms with Gasteiger partial charge in [-0.2, -0.15) is 5.26 Å². The van der Waals surface area contributed by atoms with Crippen molar-refractivity contribution in [1.29, 1.82) is 5.26 Å². The lowest BCUT2D eigenvalue weighted by Crippen LogP contribution is -1.96. The van der Waals surface area contributed by atoms with Gasteiger partial charge in [-0.05, 0) is 6.04 Å². The predicted molar refractivity (Wildman–Crippen MR) is 32.5 cm³/mol. The van der Waals surface area contributed by atoms with Crippen molar-refractivity contribution in [3.8, 4) is 6.07 Å². The molecule has 0 aromatic rings. The molecule has 0 unspecified atom stereocenters. The van der Waals surface area contributed by atoms with E-state index in [0.29, 0.717) is 0 Å². The van der Waals surface area contributed by atoms with Crippen molar-refractivity contribution in [1.82, 2.24) is 0 Å². The maximum atomic E-state index is 8.08. The van der Waals surface area contributed by atoms with E-state index in [-0.39, 0.29) is 8.80 Å². The first kappa shape index (κ1) is 6.71. The van der Waals surface area contributed by atoms with Crippen LogP contribution < -0.4 is 0 Å². The van der Waals surface area contributed by atoms with Crippen LogP contribution in [0.3, 0.4) is 0 Å². The Balaban J connectivity index is 2.86. The third kappa shape index (κ3) is 5.71. The molecule has 0 aromatic heterocycles. The molecule has 0 rings (SSSR count). The van der Waals surface area contributed by atoms with Gasteiger partial charge < -0.3 is 0 Å². The molecule has 1 radical (unpaired) electrons. The summed E-state index contributed by atoms with van der Waals surface area (Å²) >= 11 is 0. The first-order valence-corrected chi connectivity index (χ1v) is 5.14. The molecule has 0 amide bonds. The molecule has 0 atom stereocenters. The maximum Gasteiger partial charge on any atom is 0.0618 e. The lowest BCUT2D eigenvalue weighted by Gasteiger charge is -1.91. The third-order valence-electron chi connectivity index (χ3n) is 0.737. The lowest BCUT2D eigenvalue weighted by molar-refractivity contribution is 1.19. The Bertz CT molecular complexity index is 72.6. The number of rotatable bonds is 2. The van der Waals surface area contributed by atoms with E-state index in [0.717, 1.165) is 12.5 Å². The minimum atomic E-state index is -0.120. The Morgan fingerprint density at radius 1 is 1.57 bits per heavy atom. The number of nitrogens with zero attached hydrogens (tertiary/aromatic N) is 1. The molecule has 0 fully saturated rings. The van der Waals surface area contributed by atoms with E-state index in [1.165, 1.54) is 0 Å². The highest BCUT2D eigenvalue weighted by atomic mass is 28.3. The van der Waals surface area contributed by atoms with Crippen molar-refractivity contribution >= 4 is 8.80 Å². The van der Waals surface area contributed by atoms with E-state index in [4.69, 9.17) is 5.26 Å². The smallest absolute Gasteiger partial charge is 0.0618 e. The molecule has 0 saturated carbocycles. The molecule has 39 valence electrons. The van der Waals surface area contributed by atoms with Gasteiger partial charge in [-0.3, -0.25) is 0 Å². The Labute approximate surface area is 46.6 Å². The van der Waals surface area contributed by atoms with Crippen molar-refractivity contribution in [2.45, 2.75) is 25.6 Å².